The maximum atomic E-state index is 12.3. The van der Waals surface area contributed by atoms with Crippen LogP contribution in [0.5, 0.6) is 0 Å². The molecule has 0 atom stereocenters. The van der Waals surface area contributed by atoms with Crippen molar-refractivity contribution in [2.45, 2.75) is 24.7 Å². The molecule has 0 unspecified atom stereocenters. The summed E-state index contributed by atoms with van der Waals surface area (Å²) in [5.41, 5.74) is 1.16. The molecular weight excluding hydrogens is 304 g/mol. The van der Waals surface area contributed by atoms with Crippen molar-refractivity contribution >= 4 is 21.7 Å². The average Bonchev–Trinajstić information content (AvgIpc) is 2.47. The minimum Gasteiger partial charge on any atom is -0.478 e. The van der Waals surface area contributed by atoms with E-state index in [-0.39, 0.29) is 16.4 Å². The molecule has 0 fully saturated rings. The second-order valence-corrected chi connectivity index (χ2v) is 6.78. The molecule has 0 amide bonds. The quantitative estimate of drug-likeness (QED) is 0.883. The highest BCUT2D eigenvalue weighted by Crippen LogP contribution is 2.20. The van der Waals surface area contributed by atoms with Crippen molar-refractivity contribution in [2.24, 2.45) is 0 Å². The van der Waals surface area contributed by atoms with Gasteiger partial charge in [-0.15, -0.1) is 0 Å². The van der Waals surface area contributed by atoms with Gasteiger partial charge in [0, 0.05) is 6.20 Å². The minimum absolute atomic E-state index is 0.0862. The lowest BCUT2D eigenvalue weighted by atomic mass is 10.1. The van der Waals surface area contributed by atoms with Crippen molar-refractivity contribution in [2.75, 3.05) is 4.72 Å². The molecule has 0 saturated carbocycles. The third-order valence-corrected chi connectivity index (χ3v) is 4.45. The van der Waals surface area contributed by atoms with E-state index < -0.39 is 16.0 Å². The third-order valence-electron chi connectivity index (χ3n) is 3.07. The summed E-state index contributed by atoms with van der Waals surface area (Å²) in [6.45, 7) is 3.96. The number of carboxylic acid groups (broad SMARTS) is 1. The van der Waals surface area contributed by atoms with Crippen LogP contribution in [0.1, 0.15) is 35.7 Å². The van der Waals surface area contributed by atoms with Gasteiger partial charge in [-0.25, -0.2) is 13.2 Å². The number of carboxylic acids is 1. The van der Waals surface area contributed by atoms with Crippen molar-refractivity contribution in [3.63, 3.8) is 0 Å². The molecule has 6 nitrogen and oxygen atoms in total. The average molecular weight is 320 g/mol. The van der Waals surface area contributed by atoms with Gasteiger partial charge in [0.05, 0.1) is 22.3 Å². The fourth-order valence-electron chi connectivity index (χ4n) is 1.84. The summed E-state index contributed by atoms with van der Waals surface area (Å²) in [4.78, 5) is 14.8. The monoisotopic (exact) mass is 320 g/mol. The van der Waals surface area contributed by atoms with Crippen LogP contribution in [0.3, 0.4) is 0 Å². The minimum atomic E-state index is -3.87. The fraction of sp³-hybridized carbons (Fsp3) is 0.200. The summed E-state index contributed by atoms with van der Waals surface area (Å²) in [7, 11) is -3.87. The molecule has 0 bridgehead atoms. The molecule has 0 spiro atoms. The topological polar surface area (TPSA) is 96.4 Å². The van der Waals surface area contributed by atoms with E-state index in [0.717, 1.165) is 11.6 Å². The summed E-state index contributed by atoms with van der Waals surface area (Å²) in [5, 5.41) is 8.94. The fourth-order valence-corrected chi connectivity index (χ4v) is 2.92. The van der Waals surface area contributed by atoms with Crippen LogP contribution in [-0.4, -0.2) is 24.5 Å². The van der Waals surface area contributed by atoms with Crippen LogP contribution in [-0.2, 0) is 10.0 Å². The number of aromatic carboxylic acids is 1. The second kappa shape index (κ2) is 6.15. The number of aromatic nitrogens is 1. The van der Waals surface area contributed by atoms with E-state index in [2.05, 4.69) is 9.71 Å². The van der Waals surface area contributed by atoms with Gasteiger partial charge in [0.25, 0.3) is 10.0 Å². The molecule has 0 saturated heterocycles. The van der Waals surface area contributed by atoms with E-state index in [0.29, 0.717) is 5.69 Å². The molecule has 0 radical (unpaired) electrons. The van der Waals surface area contributed by atoms with Crippen LogP contribution in [0.2, 0.25) is 0 Å². The number of nitrogens with one attached hydrogen (secondary N) is 1. The van der Waals surface area contributed by atoms with Gasteiger partial charge in [-0.1, -0.05) is 19.9 Å². The summed E-state index contributed by atoms with van der Waals surface area (Å²) in [5.74, 6) is -0.965. The summed E-state index contributed by atoms with van der Waals surface area (Å²) < 4.78 is 27.1. The summed E-state index contributed by atoms with van der Waals surface area (Å²) in [6, 6.07) is 6.89. The van der Waals surface area contributed by atoms with Gasteiger partial charge in [-0.05, 0) is 35.7 Å². The van der Waals surface area contributed by atoms with Crippen LogP contribution >= 0.6 is 0 Å². The van der Waals surface area contributed by atoms with Crippen molar-refractivity contribution in [1.29, 1.82) is 0 Å². The molecule has 2 aromatic rings. The van der Waals surface area contributed by atoms with Crippen molar-refractivity contribution in [3.8, 4) is 0 Å². The maximum absolute atomic E-state index is 12.3. The summed E-state index contributed by atoms with van der Waals surface area (Å²) >= 11 is 0. The standard InChI is InChI=1S/C15H16N2O4S/c1-10(2)12-6-13(9-16-8-12)17-22(20,21)14-5-3-4-11(7-14)15(18)19/h3-10,17H,1-2H3,(H,18,19). The Morgan fingerprint density at radius 1 is 1.23 bits per heavy atom. The van der Waals surface area contributed by atoms with Gasteiger partial charge < -0.3 is 5.11 Å². The molecule has 7 heteroatoms. The molecule has 1 aromatic heterocycles. The Morgan fingerprint density at radius 3 is 2.59 bits per heavy atom. The van der Waals surface area contributed by atoms with Gasteiger partial charge in [0.1, 0.15) is 0 Å². The number of anilines is 1. The Bertz CT molecular complexity index is 801. The van der Waals surface area contributed by atoms with Crippen LogP contribution in [0.25, 0.3) is 0 Å². The smallest absolute Gasteiger partial charge is 0.335 e. The lowest BCUT2D eigenvalue weighted by Gasteiger charge is -2.11. The normalized spacial score (nSPS) is 11.4. The number of hydrogen-bond donors (Lipinski definition) is 2. The highest BCUT2D eigenvalue weighted by atomic mass is 32.2. The lowest BCUT2D eigenvalue weighted by Crippen LogP contribution is -2.14. The number of carbonyl (C=O) groups is 1. The molecular formula is C15H16N2O4S. The number of pyridine rings is 1. The van der Waals surface area contributed by atoms with Crippen molar-refractivity contribution in [3.05, 3.63) is 53.9 Å². The van der Waals surface area contributed by atoms with Gasteiger partial charge in [-0.2, -0.15) is 0 Å². The first-order chi connectivity index (χ1) is 10.3. The number of sulfonamides is 1. The van der Waals surface area contributed by atoms with Gasteiger partial charge >= 0.3 is 5.97 Å². The van der Waals surface area contributed by atoms with Gasteiger partial charge in [0.2, 0.25) is 0 Å². The molecule has 1 aromatic carbocycles. The Balaban J connectivity index is 2.34. The predicted molar refractivity (Wildman–Crippen MR) is 82.5 cm³/mol. The largest absolute Gasteiger partial charge is 0.478 e. The number of nitrogens with zero attached hydrogens (tertiary/aromatic N) is 1. The van der Waals surface area contributed by atoms with Crippen LogP contribution < -0.4 is 4.72 Å². The van der Waals surface area contributed by atoms with Crippen LogP contribution in [0.4, 0.5) is 5.69 Å². The van der Waals surface area contributed by atoms with Gasteiger partial charge in [0.15, 0.2) is 0 Å². The first-order valence-corrected chi connectivity index (χ1v) is 8.09. The SMILES string of the molecule is CC(C)c1cncc(NS(=O)(=O)c2cccc(C(=O)O)c2)c1. The predicted octanol–water partition coefficient (Wildman–Crippen LogP) is 2.70. The number of rotatable bonds is 5. The van der Waals surface area contributed by atoms with Crippen LogP contribution in [0.15, 0.2) is 47.6 Å². The molecule has 0 aliphatic carbocycles. The molecule has 0 aliphatic heterocycles. The Kier molecular flexibility index (Phi) is 4.46. The maximum Gasteiger partial charge on any atom is 0.335 e. The zero-order valence-electron chi connectivity index (χ0n) is 12.1. The Labute approximate surface area is 128 Å². The third kappa shape index (κ3) is 3.62. The molecule has 22 heavy (non-hydrogen) atoms. The highest BCUT2D eigenvalue weighted by molar-refractivity contribution is 7.92. The van der Waals surface area contributed by atoms with Crippen molar-refractivity contribution < 1.29 is 18.3 Å². The molecule has 116 valence electrons. The lowest BCUT2D eigenvalue weighted by molar-refractivity contribution is 0.0696. The molecule has 1 heterocycles. The first-order valence-electron chi connectivity index (χ1n) is 6.61. The van der Waals surface area contributed by atoms with Crippen molar-refractivity contribution in [1.82, 2.24) is 4.98 Å². The zero-order chi connectivity index (χ0) is 16.3. The Morgan fingerprint density at radius 2 is 1.95 bits per heavy atom. The number of hydrogen-bond acceptors (Lipinski definition) is 4. The number of benzene rings is 1. The first kappa shape index (κ1) is 16.0. The Hall–Kier alpha value is -2.41. The highest BCUT2D eigenvalue weighted by Gasteiger charge is 2.16. The van der Waals surface area contributed by atoms with Crippen LogP contribution in [0, 0.1) is 0 Å². The van der Waals surface area contributed by atoms with E-state index in [9.17, 15) is 13.2 Å². The van der Waals surface area contributed by atoms with E-state index in [4.69, 9.17) is 5.11 Å². The van der Waals surface area contributed by atoms with E-state index in [1.807, 2.05) is 13.8 Å². The van der Waals surface area contributed by atoms with E-state index in [1.165, 1.54) is 24.4 Å². The molecule has 2 N–H and O–H groups in total. The second-order valence-electron chi connectivity index (χ2n) is 5.10. The molecule has 2 rings (SSSR count). The summed E-state index contributed by atoms with van der Waals surface area (Å²) in [6.07, 6.45) is 3.08. The van der Waals surface area contributed by atoms with Gasteiger partial charge in [-0.3, -0.25) is 9.71 Å². The van der Waals surface area contributed by atoms with E-state index >= 15 is 0 Å². The zero-order valence-corrected chi connectivity index (χ0v) is 13.0. The van der Waals surface area contributed by atoms with E-state index in [1.54, 1.807) is 12.3 Å². The molecule has 0 aliphatic rings.